The van der Waals surface area contributed by atoms with E-state index in [9.17, 15) is 9.18 Å². The first-order chi connectivity index (χ1) is 13.4. The number of carbonyl (C=O) groups excluding carboxylic acids is 1. The first-order valence-corrected chi connectivity index (χ1v) is 9.43. The van der Waals surface area contributed by atoms with Gasteiger partial charge in [0.2, 0.25) is 5.96 Å². The van der Waals surface area contributed by atoms with Gasteiger partial charge in [-0.2, -0.15) is 5.10 Å². The SMILES string of the molecule is Cc1nnsc1C(=O)NC(=NCC(C)C)Nc1cc(-c2ccc(F)cc2)[nH]n1. The smallest absolute Gasteiger partial charge is 0.271 e. The molecule has 10 heteroatoms. The molecule has 0 fully saturated rings. The van der Waals surface area contributed by atoms with E-state index in [-0.39, 0.29) is 17.7 Å². The maximum absolute atomic E-state index is 13.1. The van der Waals surface area contributed by atoms with Gasteiger partial charge in [0.1, 0.15) is 10.7 Å². The van der Waals surface area contributed by atoms with Crippen molar-refractivity contribution in [2.24, 2.45) is 10.9 Å². The number of aliphatic imine (C=N–C) groups is 1. The number of aromatic nitrogens is 4. The van der Waals surface area contributed by atoms with E-state index in [4.69, 9.17) is 0 Å². The summed E-state index contributed by atoms with van der Waals surface area (Å²) in [5.74, 6) is 0.427. The summed E-state index contributed by atoms with van der Waals surface area (Å²) in [7, 11) is 0. The lowest BCUT2D eigenvalue weighted by Crippen LogP contribution is -2.36. The molecule has 0 radical (unpaired) electrons. The fourth-order valence-corrected chi connectivity index (χ4v) is 2.82. The Morgan fingerprint density at radius 1 is 1.32 bits per heavy atom. The van der Waals surface area contributed by atoms with E-state index in [2.05, 4.69) is 35.4 Å². The third-order valence-electron chi connectivity index (χ3n) is 3.68. The number of aromatic amines is 1. The number of anilines is 1. The van der Waals surface area contributed by atoms with Crippen LogP contribution in [0.5, 0.6) is 0 Å². The van der Waals surface area contributed by atoms with Gasteiger partial charge in [0.25, 0.3) is 5.91 Å². The first-order valence-electron chi connectivity index (χ1n) is 8.65. The number of nitrogens with one attached hydrogen (secondary N) is 3. The molecule has 0 aliphatic rings. The lowest BCUT2D eigenvalue weighted by molar-refractivity contribution is 0.0980. The van der Waals surface area contributed by atoms with Crippen LogP contribution < -0.4 is 10.6 Å². The molecule has 0 spiro atoms. The Hall–Kier alpha value is -3.14. The summed E-state index contributed by atoms with van der Waals surface area (Å²) in [6.45, 7) is 6.31. The van der Waals surface area contributed by atoms with Gasteiger partial charge in [0.05, 0.1) is 11.4 Å². The molecule has 146 valence electrons. The van der Waals surface area contributed by atoms with Crippen molar-refractivity contribution in [3.63, 3.8) is 0 Å². The van der Waals surface area contributed by atoms with Crippen molar-refractivity contribution in [1.82, 2.24) is 25.1 Å². The van der Waals surface area contributed by atoms with Gasteiger partial charge < -0.3 is 5.32 Å². The zero-order valence-corrected chi connectivity index (χ0v) is 16.5. The second-order valence-electron chi connectivity index (χ2n) is 6.52. The van der Waals surface area contributed by atoms with E-state index >= 15 is 0 Å². The highest BCUT2D eigenvalue weighted by atomic mass is 32.1. The van der Waals surface area contributed by atoms with E-state index in [0.29, 0.717) is 34.5 Å². The number of nitrogens with zero attached hydrogens (tertiary/aromatic N) is 4. The summed E-state index contributed by atoms with van der Waals surface area (Å²) in [6.07, 6.45) is 0. The number of hydrogen-bond acceptors (Lipinski definition) is 6. The van der Waals surface area contributed by atoms with Crippen LogP contribution in [0.3, 0.4) is 0 Å². The quantitative estimate of drug-likeness (QED) is 0.449. The van der Waals surface area contributed by atoms with Crippen LogP contribution in [0.4, 0.5) is 10.2 Å². The summed E-state index contributed by atoms with van der Waals surface area (Å²) in [5.41, 5.74) is 2.06. The van der Waals surface area contributed by atoms with Crippen molar-refractivity contribution < 1.29 is 9.18 Å². The molecule has 0 aliphatic heterocycles. The maximum atomic E-state index is 13.1. The van der Waals surface area contributed by atoms with Crippen molar-refractivity contribution in [2.75, 3.05) is 11.9 Å². The molecular weight excluding hydrogens is 381 g/mol. The van der Waals surface area contributed by atoms with Crippen LogP contribution in [0.25, 0.3) is 11.3 Å². The standard InChI is InChI=1S/C18H20FN7OS/c1-10(2)9-20-18(22-17(27)16-11(3)23-26-28-16)21-15-8-14(24-25-15)12-4-6-13(19)7-5-12/h4-8,10H,9H2,1-3H3,(H3,20,21,22,24,25,27). The molecule has 3 N–H and O–H groups in total. The highest BCUT2D eigenvalue weighted by Gasteiger charge is 2.16. The first kappa shape index (κ1) is 19.6. The van der Waals surface area contributed by atoms with E-state index < -0.39 is 0 Å². The molecule has 0 unspecified atom stereocenters. The number of rotatable bonds is 5. The number of aryl methyl sites for hydroxylation is 1. The van der Waals surface area contributed by atoms with Crippen LogP contribution in [0, 0.1) is 18.7 Å². The molecular formula is C18H20FN7OS. The highest BCUT2D eigenvalue weighted by Crippen LogP contribution is 2.20. The molecule has 0 bridgehead atoms. The Labute approximate surface area is 165 Å². The second-order valence-corrected chi connectivity index (χ2v) is 7.28. The van der Waals surface area contributed by atoms with E-state index in [1.54, 1.807) is 25.1 Å². The number of carbonyl (C=O) groups is 1. The summed E-state index contributed by atoms with van der Waals surface area (Å²) in [4.78, 5) is 17.3. The van der Waals surface area contributed by atoms with Gasteiger partial charge in [-0.1, -0.05) is 18.3 Å². The largest absolute Gasteiger partial charge is 0.309 e. The number of hydrogen-bond donors (Lipinski definition) is 3. The number of halogens is 1. The Bertz CT molecular complexity index is 978. The lowest BCUT2D eigenvalue weighted by atomic mass is 10.1. The highest BCUT2D eigenvalue weighted by molar-refractivity contribution is 7.08. The predicted molar refractivity (Wildman–Crippen MR) is 107 cm³/mol. The number of benzene rings is 1. The fourth-order valence-electron chi connectivity index (χ4n) is 2.27. The zero-order valence-electron chi connectivity index (χ0n) is 15.7. The molecule has 3 aromatic rings. The number of amides is 1. The monoisotopic (exact) mass is 401 g/mol. The number of H-pyrrole nitrogens is 1. The van der Waals surface area contributed by atoms with Gasteiger partial charge in [-0.3, -0.25) is 20.2 Å². The van der Waals surface area contributed by atoms with Gasteiger partial charge in [-0.05, 0) is 54.2 Å². The van der Waals surface area contributed by atoms with E-state index in [0.717, 1.165) is 17.1 Å². The summed E-state index contributed by atoms with van der Waals surface area (Å²) in [6, 6.07) is 7.82. The van der Waals surface area contributed by atoms with Crippen LogP contribution in [-0.4, -0.2) is 38.2 Å². The molecule has 8 nitrogen and oxygen atoms in total. The van der Waals surface area contributed by atoms with Crippen LogP contribution in [0.1, 0.15) is 29.2 Å². The molecule has 1 aromatic carbocycles. The molecule has 1 amide bonds. The molecule has 0 saturated heterocycles. The maximum Gasteiger partial charge on any atom is 0.271 e. The Morgan fingerprint density at radius 2 is 2.07 bits per heavy atom. The Balaban J connectivity index is 1.76. The third-order valence-corrected chi connectivity index (χ3v) is 4.51. The predicted octanol–water partition coefficient (Wildman–Crippen LogP) is 3.23. The van der Waals surface area contributed by atoms with E-state index in [1.807, 2.05) is 13.8 Å². The summed E-state index contributed by atoms with van der Waals surface area (Å²) >= 11 is 1.02. The molecule has 28 heavy (non-hydrogen) atoms. The van der Waals surface area contributed by atoms with Gasteiger partial charge >= 0.3 is 0 Å². The van der Waals surface area contributed by atoms with Gasteiger partial charge in [0.15, 0.2) is 5.82 Å². The van der Waals surface area contributed by atoms with Gasteiger partial charge in [0, 0.05) is 12.6 Å². The zero-order chi connectivity index (χ0) is 20.1. The van der Waals surface area contributed by atoms with Crippen molar-refractivity contribution >= 4 is 29.2 Å². The van der Waals surface area contributed by atoms with Crippen LogP contribution in [0.2, 0.25) is 0 Å². The fraction of sp³-hybridized carbons (Fsp3) is 0.278. The molecule has 2 aromatic heterocycles. The average Bonchev–Trinajstić information content (AvgIpc) is 3.29. The molecule has 2 heterocycles. The lowest BCUT2D eigenvalue weighted by Gasteiger charge is -2.10. The third kappa shape index (κ3) is 4.97. The molecule has 0 aliphatic carbocycles. The van der Waals surface area contributed by atoms with Crippen molar-refractivity contribution in [2.45, 2.75) is 20.8 Å². The van der Waals surface area contributed by atoms with Crippen LogP contribution in [-0.2, 0) is 0 Å². The molecule has 3 rings (SSSR count). The van der Waals surface area contributed by atoms with Crippen LogP contribution >= 0.6 is 11.5 Å². The molecule has 0 atom stereocenters. The van der Waals surface area contributed by atoms with Gasteiger partial charge in [-0.15, -0.1) is 5.10 Å². The second kappa shape index (κ2) is 8.70. The normalized spacial score (nSPS) is 11.7. The Kier molecular flexibility index (Phi) is 6.09. The minimum Gasteiger partial charge on any atom is -0.309 e. The molecule has 0 saturated carbocycles. The minimum atomic E-state index is -0.336. The number of guanidine groups is 1. The topological polar surface area (TPSA) is 108 Å². The van der Waals surface area contributed by atoms with Gasteiger partial charge in [-0.25, -0.2) is 4.39 Å². The summed E-state index contributed by atoms with van der Waals surface area (Å²) in [5, 5.41) is 16.7. The Morgan fingerprint density at radius 3 is 2.71 bits per heavy atom. The van der Waals surface area contributed by atoms with Crippen molar-refractivity contribution in [1.29, 1.82) is 0 Å². The average molecular weight is 401 g/mol. The van der Waals surface area contributed by atoms with E-state index in [1.165, 1.54) is 12.1 Å². The van der Waals surface area contributed by atoms with Crippen molar-refractivity contribution in [3.05, 3.63) is 46.7 Å². The summed E-state index contributed by atoms with van der Waals surface area (Å²) < 4.78 is 16.9. The minimum absolute atomic E-state index is 0.281. The van der Waals surface area contributed by atoms with Crippen molar-refractivity contribution in [3.8, 4) is 11.3 Å². The van der Waals surface area contributed by atoms with Crippen LogP contribution in [0.15, 0.2) is 35.3 Å².